The molecule has 1 aromatic heterocycles. The van der Waals surface area contributed by atoms with Crippen LogP contribution in [0.15, 0.2) is 54.7 Å². The highest BCUT2D eigenvalue weighted by Crippen LogP contribution is 2.12. The maximum Gasteiger partial charge on any atom is 0.242 e. The molecular weight excluding hydrogens is 340 g/mol. The molecule has 0 spiro atoms. The van der Waals surface area contributed by atoms with Crippen LogP contribution in [0.2, 0.25) is 0 Å². The normalized spacial score (nSPS) is 14.1. The number of aryl methyl sites for hydroxylation is 1. The van der Waals surface area contributed by atoms with E-state index in [4.69, 9.17) is 0 Å². The molecule has 0 saturated carbocycles. The highest BCUT2D eigenvalue weighted by Gasteiger charge is 2.21. The van der Waals surface area contributed by atoms with Gasteiger partial charge in [-0.25, -0.2) is 4.98 Å². The van der Waals surface area contributed by atoms with Gasteiger partial charge >= 0.3 is 0 Å². The number of aromatic nitrogens is 1. The van der Waals surface area contributed by atoms with E-state index in [2.05, 4.69) is 27.3 Å². The van der Waals surface area contributed by atoms with Gasteiger partial charge in [0.15, 0.2) is 0 Å². The molecule has 2 amide bonds. The molecular formula is C21H26N4O2. The molecule has 27 heavy (non-hydrogen) atoms. The molecule has 0 atom stereocenters. The van der Waals surface area contributed by atoms with E-state index >= 15 is 0 Å². The monoisotopic (exact) mass is 366 g/mol. The van der Waals surface area contributed by atoms with E-state index in [1.165, 1.54) is 5.56 Å². The SMILES string of the molecule is O=C(CCCc1ccccc1)NCC(=O)N1CCN(c2ccccn2)CC1. The summed E-state index contributed by atoms with van der Waals surface area (Å²) in [5.41, 5.74) is 1.23. The fourth-order valence-corrected chi connectivity index (χ4v) is 3.20. The number of carbonyl (C=O) groups excluding carboxylic acids is 2. The summed E-state index contributed by atoms with van der Waals surface area (Å²) in [5, 5.41) is 2.75. The average Bonchev–Trinajstić information content (AvgIpc) is 2.73. The Hall–Kier alpha value is -2.89. The molecule has 1 aliphatic heterocycles. The Balaban J connectivity index is 1.33. The zero-order valence-electron chi connectivity index (χ0n) is 15.5. The third kappa shape index (κ3) is 5.81. The topological polar surface area (TPSA) is 65.5 Å². The van der Waals surface area contributed by atoms with E-state index in [0.717, 1.165) is 31.7 Å². The number of piperazine rings is 1. The number of nitrogens with zero attached hydrogens (tertiary/aromatic N) is 3. The van der Waals surface area contributed by atoms with Crippen molar-refractivity contribution in [3.63, 3.8) is 0 Å². The summed E-state index contributed by atoms with van der Waals surface area (Å²) in [5.74, 6) is 0.856. The number of hydrogen-bond acceptors (Lipinski definition) is 4. The Labute approximate surface area is 160 Å². The van der Waals surface area contributed by atoms with E-state index in [-0.39, 0.29) is 18.4 Å². The van der Waals surface area contributed by atoms with Crippen molar-refractivity contribution in [2.24, 2.45) is 0 Å². The van der Waals surface area contributed by atoms with E-state index in [9.17, 15) is 9.59 Å². The number of benzene rings is 1. The smallest absolute Gasteiger partial charge is 0.242 e. The number of pyridine rings is 1. The summed E-state index contributed by atoms with van der Waals surface area (Å²) in [6.45, 7) is 2.90. The van der Waals surface area contributed by atoms with Crippen LogP contribution in [0.3, 0.4) is 0 Å². The minimum atomic E-state index is -0.0635. The van der Waals surface area contributed by atoms with Gasteiger partial charge in [0.1, 0.15) is 5.82 Å². The molecule has 1 aromatic carbocycles. The fraction of sp³-hybridized carbons (Fsp3) is 0.381. The molecule has 3 rings (SSSR count). The van der Waals surface area contributed by atoms with Crippen molar-refractivity contribution in [1.82, 2.24) is 15.2 Å². The molecule has 2 aromatic rings. The first-order valence-electron chi connectivity index (χ1n) is 9.47. The second kappa shape index (κ2) is 9.71. The lowest BCUT2D eigenvalue weighted by atomic mass is 10.1. The summed E-state index contributed by atoms with van der Waals surface area (Å²) in [6.07, 6.45) is 3.88. The zero-order chi connectivity index (χ0) is 18.9. The Morgan fingerprint density at radius 3 is 2.41 bits per heavy atom. The number of nitrogens with one attached hydrogen (secondary N) is 1. The van der Waals surface area contributed by atoms with Crippen molar-refractivity contribution in [2.45, 2.75) is 19.3 Å². The van der Waals surface area contributed by atoms with Crippen molar-refractivity contribution in [3.8, 4) is 0 Å². The first-order valence-corrected chi connectivity index (χ1v) is 9.47. The van der Waals surface area contributed by atoms with Gasteiger partial charge in [-0.15, -0.1) is 0 Å². The van der Waals surface area contributed by atoms with Gasteiger partial charge in [0.05, 0.1) is 6.54 Å². The number of carbonyl (C=O) groups is 2. The fourth-order valence-electron chi connectivity index (χ4n) is 3.20. The van der Waals surface area contributed by atoms with E-state index < -0.39 is 0 Å². The van der Waals surface area contributed by atoms with Crippen LogP contribution in [0, 0.1) is 0 Å². The van der Waals surface area contributed by atoms with Gasteiger partial charge in [-0.1, -0.05) is 36.4 Å². The maximum absolute atomic E-state index is 12.3. The quantitative estimate of drug-likeness (QED) is 0.812. The standard InChI is InChI=1S/C21H26N4O2/c26-20(11-6-9-18-7-2-1-3-8-18)23-17-21(27)25-15-13-24(14-16-25)19-10-4-5-12-22-19/h1-5,7-8,10,12H,6,9,11,13-17H2,(H,23,26). The van der Waals surface area contributed by atoms with Crippen molar-refractivity contribution in [2.75, 3.05) is 37.6 Å². The van der Waals surface area contributed by atoms with Gasteiger partial charge in [0.25, 0.3) is 0 Å². The lowest BCUT2D eigenvalue weighted by Crippen LogP contribution is -2.51. The summed E-state index contributed by atoms with van der Waals surface area (Å²) in [7, 11) is 0. The third-order valence-corrected chi connectivity index (χ3v) is 4.75. The van der Waals surface area contributed by atoms with E-state index in [1.54, 1.807) is 6.20 Å². The van der Waals surface area contributed by atoms with Crippen molar-refractivity contribution in [1.29, 1.82) is 0 Å². The predicted octanol–water partition coefficient (Wildman–Crippen LogP) is 1.87. The Kier molecular flexibility index (Phi) is 6.79. The average molecular weight is 366 g/mol. The van der Waals surface area contributed by atoms with Crippen LogP contribution >= 0.6 is 0 Å². The molecule has 1 fully saturated rings. The van der Waals surface area contributed by atoms with E-state index in [1.807, 2.05) is 41.3 Å². The Morgan fingerprint density at radius 2 is 1.70 bits per heavy atom. The number of hydrogen-bond donors (Lipinski definition) is 1. The molecule has 1 N–H and O–H groups in total. The van der Waals surface area contributed by atoms with Gasteiger partial charge in [0.2, 0.25) is 11.8 Å². The lowest BCUT2D eigenvalue weighted by Gasteiger charge is -2.35. The highest BCUT2D eigenvalue weighted by molar-refractivity contribution is 5.84. The second-order valence-electron chi connectivity index (χ2n) is 6.67. The van der Waals surface area contributed by atoms with Crippen molar-refractivity contribution in [3.05, 3.63) is 60.3 Å². The van der Waals surface area contributed by atoms with E-state index in [0.29, 0.717) is 19.5 Å². The molecule has 0 aliphatic carbocycles. The van der Waals surface area contributed by atoms with Crippen LogP contribution in [0.25, 0.3) is 0 Å². The molecule has 1 aliphatic rings. The molecule has 6 nitrogen and oxygen atoms in total. The summed E-state index contributed by atoms with van der Waals surface area (Å²) >= 11 is 0. The Bertz CT molecular complexity index is 728. The van der Waals surface area contributed by atoms with Crippen molar-refractivity contribution < 1.29 is 9.59 Å². The van der Waals surface area contributed by atoms with Gasteiger partial charge in [-0.3, -0.25) is 9.59 Å². The Morgan fingerprint density at radius 1 is 0.963 bits per heavy atom. The maximum atomic E-state index is 12.3. The number of amides is 2. The van der Waals surface area contributed by atoms with Crippen LogP contribution in [-0.2, 0) is 16.0 Å². The first kappa shape index (κ1) is 18.9. The molecule has 142 valence electrons. The van der Waals surface area contributed by atoms with Crippen LogP contribution in [-0.4, -0.2) is 54.4 Å². The molecule has 0 bridgehead atoms. The van der Waals surface area contributed by atoms with Crippen LogP contribution < -0.4 is 10.2 Å². The molecule has 0 radical (unpaired) electrons. The third-order valence-electron chi connectivity index (χ3n) is 4.75. The largest absolute Gasteiger partial charge is 0.353 e. The first-order chi connectivity index (χ1) is 13.2. The molecule has 2 heterocycles. The van der Waals surface area contributed by atoms with Crippen molar-refractivity contribution >= 4 is 17.6 Å². The zero-order valence-corrected chi connectivity index (χ0v) is 15.5. The molecule has 0 unspecified atom stereocenters. The van der Waals surface area contributed by atoms with Crippen LogP contribution in [0.1, 0.15) is 18.4 Å². The summed E-state index contributed by atoms with van der Waals surface area (Å²) in [4.78, 5) is 32.6. The van der Waals surface area contributed by atoms with Crippen LogP contribution in [0.4, 0.5) is 5.82 Å². The number of rotatable bonds is 7. The summed E-state index contributed by atoms with van der Waals surface area (Å²) < 4.78 is 0. The van der Waals surface area contributed by atoms with Gasteiger partial charge in [0, 0.05) is 38.8 Å². The summed E-state index contributed by atoms with van der Waals surface area (Å²) in [6, 6.07) is 15.9. The van der Waals surface area contributed by atoms with Crippen LogP contribution in [0.5, 0.6) is 0 Å². The predicted molar refractivity (Wildman–Crippen MR) is 105 cm³/mol. The molecule has 6 heteroatoms. The second-order valence-corrected chi connectivity index (χ2v) is 6.67. The van der Waals surface area contributed by atoms with Gasteiger partial charge in [-0.2, -0.15) is 0 Å². The lowest BCUT2D eigenvalue weighted by molar-refractivity contribution is -0.133. The minimum absolute atomic E-state index is 0.0212. The highest BCUT2D eigenvalue weighted by atomic mass is 16.2. The minimum Gasteiger partial charge on any atom is -0.353 e. The van der Waals surface area contributed by atoms with Gasteiger partial charge in [-0.05, 0) is 30.5 Å². The van der Waals surface area contributed by atoms with Gasteiger partial charge < -0.3 is 15.1 Å². The molecule has 1 saturated heterocycles. The number of anilines is 1.